The number of imidazole rings is 1. The van der Waals surface area contributed by atoms with E-state index in [2.05, 4.69) is 32.5 Å². The van der Waals surface area contributed by atoms with E-state index in [1.165, 1.54) is 13.0 Å². The normalized spacial score (nSPS) is 22.6. The van der Waals surface area contributed by atoms with Crippen molar-refractivity contribution in [2.24, 2.45) is 0 Å². The van der Waals surface area contributed by atoms with Crippen molar-refractivity contribution in [2.75, 3.05) is 20.1 Å². The van der Waals surface area contributed by atoms with Crippen molar-refractivity contribution in [3.63, 3.8) is 0 Å². The highest BCUT2D eigenvalue weighted by Gasteiger charge is 2.22. The molecule has 0 N–H and O–H groups in total. The fourth-order valence-electron chi connectivity index (χ4n) is 2.30. The van der Waals surface area contributed by atoms with Crippen molar-refractivity contribution in [2.45, 2.75) is 12.5 Å². The molecule has 78 valence electrons. The second-order valence-electron chi connectivity index (χ2n) is 4.20. The number of nitrogens with zero attached hydrogens (tertiary/aromatic N) is 4. The van der Waals surface area contributed by atoms with Gasteiger partial charge in [-0.25, -0.2) is 9.97 Å². The molecule has 0 bridgehead atoms. The summed E-state index contributed by atoms with van der Waals surface area (Å²) in [5.74, 6) is 0. The first-order valence-corrected chi connectivity index (χ1v) is 5.31. The third-order valence-electron chi connectivity index (χ3n) is 3.11. The second-order valence-corrected chi connectivity index (χ2v) is 4.20. The van der Waals surface area contributed by atoms with Crippen LogP contribution >= 0.6 is 0 Å². The van der Waals surface area contributed by atoms with E-state index in [0.29, 0.717) is 6.04 Å². The van der Waals surface area contributed by atoms with Gasteiger partial charge in [0.05, 0.1) is 11.8 Å². The lowest BCUT2D eigenvalue weighted by atomic mass is 10.2. The molecule has 2 aromatic heterocycles. The van der Waals surface area contributed by atoms with Crippen molar-refractivity contribution in [1.82, 2.24) is 19.4 Å². The summed E-state index contributed by atoms with van der Waals surface area (Å²) in [7, 11) is 2.16. The molecule has 0 aliphatic carbocycles. The molecule has 3 rings (SSSR count). The zero-order valence-corrected chi connectivity index (χ0v) is 8.80. The van der Waals surface area contributed by atoms with Crippen LogP contribution in [0.1, 0.15) is 12.5 Å². The lowest BCUT2D eigenvalue weighted by Gasteiger charge is -2.12. The van der Waals surface area contributed by atoms with Crippen LogP contribution in [0, 0.1) is 0 Å². The van der Waals surface area contributed by atoms with Gasteiger partial charge in [0.25, 0.3) is 0 Å². The lowest BCUT2D eigenvalue weighted by Crippen LogP contribution is -2.15. The van der Waals surface area contributed by atoms with E-state index in [4.69, 9.17) is 0 Å². The summed E-state index contributed by atoms with van der Waals surface area (Å²) in [6.45, 7) is 2.28. The zero-order chi connectivity index (χ0) is 10.3. The van der Waals surface area contributed by atoms with E-state index in [1.807, 2.05) is 12.4 Å². The van der Waals surface area contributed by atoms with E-state index in [-0.39, 0.29) is 0 Å². The van der Waals surface area contributed by atoms with Gasteiger partial charge in [-0.1, -0.05) is 0 Å². The summed E-state index contributed by atoms with van der Waals surface area (Å²) < 4.78 is 2.26. The molecule has 1 fully saturated rings. The summed E-state index contributed by atoms with van der Waals surface area (Å²) in [6, 6.07) is 4.62. The highest BCUT2D eigenvalue weighted by atomic mass is 15.2. The Morgan fingerprint density at radius 3 is 3.13 bits per heavy atom. The van der Waals surface area contributed by atoms with Gasteiger partial charge in [-0.2, -0.15) is 0 Å². The fourth-order valence-corrected chi connectivity index (χ4v) is 2.30. The summed E-state index contributed by atoms with van der Waals surface area (Å²) in [6.07, 6.45) is 4.92. The van der Waals surface area contributed by atoms with Crippen LogP contribution in [0.15, 0.2) is 24.7 Å². The molecule has 1 aliphatic rings. The maximum absolute atomic E-state index is 4.32. The van der Waals surface area contributed by atoms with Crippen LogP contribution in [-0.4, -0.2) is 39.6 Å². The first kappa shape index (κ1) is 8.85. The highest BCUT2D eigenvalue weighted by molar-refractivity contribution is 5.70. The Kier molecular flexibility index (Phi) is 1.95. The molecule has 1 unspecified atom stereocenters. The van der Waals surface area contributed by atoms with Crippen LogP contribution in [0.4, 0.5) is 0 Å². The first-order chi connectivity index (χ1) is 7.34. The Labute approximate surface area is 88.6 Å². The van der Waals surface area contributed by atoms with Gasteiger partial charge in [0.2, 0.25) is 0 Å². The summed E-state index contributed by atoms with van der Waals surface area (Å²) in [5, 5.41) is 0. The molecular weight excluding hydrogens is 188 g/mol. The third kappa shape index (κ3) is 1.41. The topological polar surface area (TPSA) is 34.0 Å². The summed E-state index contributed by atoms with van der Waals surface area (Å²) >= 11 is 0. The Morgan fingerprint density at radius 2 is 2.33 bits per heavy atom. The molecule has 3 heterocycles. The second kappa shape index (κ2) is 3.31. The molecule has 0 spiro atoms. The number of aromatic nitrogens is 3. The minimum atomic E-state index is 0.559. The highest BCUT2D eigenvalue weighted by Crippen LogP contribution is 2.23. The molecule has 0 radical (unpaired) electrons. The third-order valence-corrected chi connectivity index (χ3v) is 3.11. The maximum Gasteiger partial charge on any atom is 0.177 e. The average Bonchev–Trinajstić information content (AvgIpc) is 2.83. The molecule has 0 aromatic carbocycles. The molecular formula is C11H14N4. The molecule has 0 amide bonds. The van der Waals surface area contributed by atoms with Gasteiger partial charge in [0.1, 0.15) is 0 Å². The monoisotopic (exact) mass is 202 g/mol. The summed E-state index contributed by atoms with van der Waals surface area (Å²) in [4.78, 5) is 10.9. The molecule has 4 nitrogen and oxygen atoms in total. The van der Waals surface area contributed by atoms with E-state index >= 15 is 0 Å². The number of fused-ring (bicyclic) bond motifs is 1. The SMILES string of the molecule is CN1CCC(n2cnc3ncccc32)C1. The van der Waals surface area contributed by atoms with Crippen LogP contribution in [0.25, 0.3) is 11.2 Å². The van der Waals surface area contributed by atoms with Gasteiger partial charge >= 0.3 is 0 Å². The van der Waals surface area contributed by atoms with Crippen molar-refractivity contribution in [1.29, 1.82) is 0 Å². The Morgan fingerprint density at radius 1 is 1.40 bits per heavy atom. The molecule has 1 saturated heterocycles. The van der Waals surface area contributed by atoms with Crippen LogP contribution in [-0.2, 0) is 0 Å². The molecule has 4 heteroatoms. The molecule has 1 atom stereocenters. The quantitative estimate of drug-likeness (QED) is 0.699. The Balaban J connectivity index is 2.04. The number of likely N-dealkylation sites (tertiary alicyclic amines) is 1. The lowest BCUT2D eigenvalue weighted by molar-refractivity contribution is 0.394. The van der Waals surface area contributed by atoms with Gasteiger partial charge in [-0.3, -0.25) is 0 Å². The number of hydrogen-bond donors (Lipinski definition) is 0. The van der Waals surface area contributed by atoms with E-state index in [0.717, 1.165) is 17.7 Å². The van der Waals surface area contributed by atoms with E-state index in [1.54, 1.807) is 6.20 Å². The van der Waals surface area contributed by atoms with Gasteiger partial charge in [0.15, 0.2) is 5.65 Å². The van der Waals surface area contributed by atoms with Crippen molar-refractivity contribution < 1.29 is 0 Å². The Hall–Kier alpha value is -1.42. The van der Waals surface area contributed by atoms with E-state index < -0.39 is 0 Å². The maximum atomic E-state index is 4.32. The zero-order valence-electron chi connectivity index (χ0n) is 8.80. The number of rotatable bonds is 1. The van der Waals surface area contributed by atoms with Crippen LogP contribution in [0.3, 0.4) is 0 Å². The molecule has 1 aliphatic heterocycles. The van der Waals surface area contributed by atoms with Crippen LogP contribution in [0.2, 0.25) is 0 Å². The minimum absolute atomic E-state index is 0.559. The predicted octanol–water partition coefficient (Wildman–Crippen LogP) is 1.31. The Bertz CT molecular complexity index is 476. The predicted molar refractivity (Wildman–Crippen MR) is 58.7 cm³/mol. The largest absolute Gasteiger partial charge is 0.325 e. The van der Waals surface area contributed by atoms with E-state index in [9.17, 15) is 0 Å². The molecule has 15 heavy (non-hydrogen) atoms. The minimum Gasteiger partial charge on any atom is -0.325 e. The fraction of sp³-hybridized carbons (Fsp3) is 0.455. The van der Waals surface area contributed by atoms with Gasteiger partial charge in [-0.05, 0) is 32.1 Å². The first-order valence-electron chi connectivity index (χ1n) is 5.31. The van der Waals surface area contributed by atoms with Crippen molar-refractivity contribution in [3.8, 4) is 0 Å². The number of hydrogen-bond acceptors (Lipinski definition) is 3. The average molecular weight is 202 g/mol. The van der Waals surface area contributed by atoms with Crippen LogP contribution < -0.4 is 0 Å². The van der Waals surface area contributed by atoms with Gasteiger partial charge in [0, 0.05) is 18.8 Å². The van der Waals surface area contributed by atoms with Gasteiger partial charge in [-0.15, -0.1) is 0 Å². The smallest absolute Gasteiger partial charge is 0.177 e. The van der Waals surface area contributed by atoms with Crippen molar-refractivity contribution in [3.05, 3.63) is 24.7 Å². The number of likely N-dealkylation sites (N-methyl/N-ethyl adjacent to an activating group) is 1. The summed E-state index contributed by atoms with van der Waals surface area (Å²) in [5.41, 5.74) is 2.00. The molecule has 0 saturated carbocycles. The molecule has 2 aromatic rings. The van der Waals surface area contributed by atoms with Gasteiger partial charge < -0.3 is 9.47 Å². The standard InChI is InChI=1S/C11H14N4/c1-14-6-4-9(7-14)15-8-13-11-10(15)3-2-5-12-11/h2-3,5,8-9H,4,6-7H2,1H3. The number of pyridine rings is 1. The van der Waals surface area contributed by atoms with Crippen LogP contribution in [0.5, 0.6) is 0 Å². The van der Waals surface area contributed by atoms with Crippen molar-refractivity contribution >= 4 is 11.2 Å².